The summed E-state index contributed by atoms with van der Waals surface area (Å²) in [6, 6.07) is -0.856. The quantitative estimate of drug-likeness (QED) is 0.0205. The third-order valence-corrected chi connectivity index (χ3v) is 15.9. The zero-order valence-corrected chi connectivity index (χ0v) is 53.8. The molecule has 3 atom stereocenters. The molecule has 0 aromatic rings. The second kappa shape index (κ2) is 58.9. The Labute approximate surface area is 490 Å². The molecule has 462 valence electrons. The molecule has 0 bridgehead atoms. The number of likely N-dealkylation sites (N-methyl/N-ethyl adjacent to an activating group) is 1. The van der Waals surface area contributed by atoms with Crippen LogP contribution in [0, 0.1) is 0 Å². The van der Waals surface area contributed by atoms with Crippen LogP contribution in [0.25, 0.3) is 0 Å². The molecular formula is C69H130N2O7P+. The number of amides is 1. The third kappa shape index (κ3) is 60.1. The fraction of sp³-hybridized carbons (Fsp3) is 0.826. The van der Waals surface area contributed by atoms with Gasteiger partial charge in [-0.2, -0.15) is 0 Å². The number of nitrogens with zero attached hydrogens (tertiary/aromatic N) is 1. The van der Waals surface area contributed by atoms with Gasteiger partial charge in [-0.25, -0.2) is 4.57 Å². The maximum atomic E-state index is 13.5. The van der Waals surface area contributed by atoms with Crippen molar-refractivity contribution in [2.24, 2.45) is 0 Å². The highest BCUT2D eigenvalue weighted by atomic mass is 31.2. The van der Waals surface area contributed by atoms with Crippen LogP contribution in [0.15, 0.2) is 60.8 Å². The van der Waals surface area contributed by atoms with Crippen molar-refractivity contribution >= 4 is 19.7 Å². The van der Waals surface area contributed by atoms with Crippen molar-refractivity contribution in [3.8, 4) is 0 Å². The van der Waals surface area contributed by atoms with Gasteiger partial charge >= 0.3 is 13.8 Å². The van der Waals surface area contributed by atoms with Crippen molar-refractivity contribution in [1.82, 2.24) is 5.32 Å². The van der Waals surface area contributed by atoms with Crippen LogP contribution in [0.1, 0.15) is 316 Å². The first kappa shape index (κ1) is 76.7. The summed E-state index contributed by atoms with van der Waals surface area (Å²) in [6.45, 7) is 6.99. The molecule has 10 heteroatoms. The first-order chi connectivity index (χ1) is 38.4. The minimum absolute atomic E-state index is 0.0376. The van der Waals surface area contributed by atoms with Gasteiger partial charge in [-0.05, 0) is 96.0 Å². The second-order valence-electron chi connectivity index (χ2n) is 24.0. The van der Waals surface area contributed by atoms with E-state index in [1.807, 2.05) is 33.3 Å². The van der Waals surface area contributed by atoms with Gasteiger partial charge in [0.1, 0.15) is 19.3 Å². The standard InChI is InChI=1S/C69H129N2O7P/c1-7-10-13-16-19-22-25-28-29-30-31-32-33-34-35-36-37-38-39-40-41-44-47-50-53-56-59-62-69(73)78-67(60-57-54-51-48-45-42-26-23-20-17-14-11-8-2)66(65-77-79(74,75)76-64-63-71(4,5)6)70-68(72)61-58-55-52-49-46-43-27-24-21-18-15-12-9-3/h19,22,28-29,31-32,43,46,57,60,66-67H,7-18,20-21,23-27,30,33-42,44-45,47-56,58-59,61-65H2,1-6H3,(H-,70,72,74,75)/p+1/b22-19-,29-28-,32-31-,46-43-,60-57-. The summed E-state index contributed by atoms with van der Waals surface area (Å²) in [5.41, 5.74) is 0. The molecule has 0 fully saturated rings. The topological polar surface area (TPSA) is 111 Å². The van der Waals surface area contributed by atoms with Crippen molar-refractivity contribution in [1.29, 1.82) is 0 Å². The second-order valence-corrected chi connectivity index (χ2v) is 25.4. The average Bonchev–Trinajstić information content (AvgIpc) is 3.41. The van der Waals surface area contributed by atoms with Gasteiger partial charge < -0.3 is 19.4 Å². The summed E-state index contributed by atoms with van der Waals surface area (Å²) in [5, 5.41) is 3.05. The first-order valence-corrected chi connectivity index (χ1v) is 35.1. The fourth-order valence-corrected chi connectivity index (χ4v) is 10.4. The number of unbranched alkanes of at least 4 members (excludes halogenated alkanes) is 37. The normalized spacial score (nSPS) is 14.0. The third-order valence-electron chi connectivity index (χ3n) is 14.9. The molecule has 0 spiro atoms. The molecule has 0 rings (SSSR count). The minimum atomic E-state index is -4.45. The number of allylic oxidation sites excluding steroid dienone is 9. The van der Waals surface area contributed by atoms with Crippen LogP contribution < -0.4 is 5.32 Å². The van der Waals surface area contributed by atoms with Gasteiger partial charge in [0, 0.05) is 12.8 Å². The number of quaternary nitrogens is 1. The van der Waals surface area contributed by atoms with Gasteiger partial charge in [0.25, 0.3) is 0 Å². The predicted octanol–water partition coefficient (Wildman–Crippen LogP) is 21.0. The highest BCUT2D eigenvalue weighted by Crippen LogP contribution is 2.43. The van der Waals surface area contributed by atoms with Crippen LogP contribution in [0.2, 0.25) is 0 Å². The largest absolute Gasteiger partial charge is 0.472 e. The van der Waals surface area contributed by atoms with Crippen LogP contribution >= 0.6 is 7.82 Å². The lowest BCUT2D eigenvalue weighted by Gasteiger charge is -2.27. The van der Waals surface area contributed by atoms with Gasteiger partial charge in [-0.1, -0.05) is 268 Å². The van der Waals surface area contributed by atoms with Crippen LogP contribution in [-0.2, 0) is 27.9 Å². The lowest BCUT2D eigenvalue weighted by molar-refractivity contribution is -0.870. The Kier molecular flexibility index (Phi) is 57.2. The SMILES string of the molecule is CCCCC/C=C\C/C=C\C/C=C\CCCCCCCCCCCCCCCCC(=O)OC(/C=C\CCCCCCCCCCCCC)C(COP(=O)(O)OCC[N+](C)(C)C)NC(=O)CCCCC/C=C\CCCCCCCC. The molecule has 0 aliphatic carbocycles. The van der Waals surface area contributed by atoms with Crippen molar-refractivity contribution in [2.75, 3.05) is 40.9 Å². The van der Waals surface area contributed by atoms with E-state index in [1.165, 1.54) is 199 Å². The van der Waals surface area contributed by atoms with E-state index in [0.717, 1.165) is 83.5 Å². The smallest absolute Gasteiger partial charge is 0.456 e. The van der Waals surface area contributed by atoms with Gasteiger partial charge in [0.15, 0.2) is 0 Å². The van der Waals surface area contributed by atoms with Gasteiger partial charge in [0.2, 0.25) is 5.91 Å². The maximum absolute atomic E-state index is 13.5. The lowest BCUT2D eigenvalue weighted by atomic mass is 10.0. The Morgan fingerprint density at radius 1 is 0.443 bits per heavy atom. The molecule has 0 aliphatic heterocycles. The molecule has 79 heavy (non-hydrogen) atoms. The Balaban J connectivity index is 5.05. The summed E-state index contributed by atoms with van der Waals surface area (Å²) in [5.74, 6) is -0.515. The molecule has 3 unspecified atom stereocenters. The highest BCUT2D eigenvalue weighted by Gasteiger charge is 2.30. The average molecular weight is 1130 g/mol. The van der Waals surface area contributed by atoms with Crippen LogP contribution in [-0.4, -0.2) is 74.3 Å². The number of ether oxygens (including phenoxy) is 1. The number of carbonyl (C=O) groups is 2. The van der Waals surface area contributed by atoms with Crippen LogP contribution in [0.4, 0.5) is 0 Å². The maximum Gasteiger partial charge on any atom is 0.472 e. The summed E-state index contributed by atoms with van der Waals surface area (Å²) in [4.78, 5) is 37.8. The molecule has 1 amide bonds. The number of phosphoric acid groups is 1. The van der Waals surface area contributed by atoms with Gasteiger partial charge in [0.05, 0.1) is 33.8 Å². The van der Waals surface area contributed by atoms with E-state index >= 15 is 0 Å². The minimum Gasteiger partial charge on any atom is -0.456 e. The summed E-state index contributed by atoms with van der Waals surface area (Å²) < 4.78 is 30.7. The van der Waals surface area contributed by atoms with Crippen molar-refractivity contribution < 1.29 is 37.3 Å². The Morgan fingerprint density at radius 3 is 1.20 bits per heavy atom. The molecule has 0 saturated heterocycles. The molecular weight excluding hydrogens is 1000 g/mol. The highest BCUT2D eigenvalue weighted by molar-refractivity contribution is 7.47. The Bertz CT molecular complexity index is 1540. The Morgan fingerprint density at radius 2 is 0.772 bits per heavy atom. The van der Waals surface area contributed by atoms with Crippen LogP contribution in [0.5, 0.6) is 0 Å². The molecule has 0 aromatic heterocycles. The lowest BCUT2D eigenvalue weighted by Crippen LogP contribution is -2.47. The number of rotatable bonds is 61. The fourth-order valence-electron chi connectivity index (χ4n) is 9.71. The zero-order valence-electron chi connectivity index (χ0n) is 52.9. The van der Waals surface area contributed by atoms with Crippen molar-refractivity contribution in [2.45, 2.75) is 328 Å². The predicted molar refractivity (Wildman–Crippen MR) is 342 cm³/mol. The molecule has 9 nitrogen and oxygen atoms in total. The van der Waals surface area contributed by atoms with Crippen molar-refractivity contribution in [3.05, 3.63) is 60.8 Å². The molecule has 2 N–H and O–H groups in total. The van der Waals surface area contributed by atoms with E-state index in [1.54, 1.807) is 0 Å². The van der Waals surface area contributed by atoms with E-state index < -0.39 is 20.0 Å². The van der Waals surface area contributed by atoms with Gasteiger partial charge in [-0.15, -0.1) is 0 Å². The summed E-state index contributed by atoms with van der Waals surface area (Å²) in [6.07, 6.45) is 75.2. The number of nitrogens with one attached hydrogen (secondary N) is 1. The van der Waals surface area contributed by atoms with Crippen LogP contribution in [0.3, 0.4) is 0 Å². The molecule has 0 radical (unpaired) electrons. The van der Waals surface area contributed by atoms with Crippen molar-refractivity contribution in [3.63, 3.8) is 0 Å². The van der Waals surface area contributed by atoms with E-state index in [0.29, 0.717) is 17.4 Å². The molecule has 0 saturated carbocycles. The van der Waals surface area contributed by atoms with E-state index in [4.69, 9.17) is 13.8 Å². The van der Waals surface area contributed by atoms with E-state index in [2.05, 4.69) is 74.7 Å². The van der Waals surface area contributed by atoms with E-state index in [9.17, 15) is 19.0 Å². The van der Waals surface area contributed by atoms with Gasteiger partial charge in [-0.3, -0.25) is 18.6 Å². The molecule has 0 aromatic carbocycles. The first-order valence-electron chi connectivity index (χ1n) is 33.6. The Hall–Kier alpha value is -2.29. The summed E-state index contributed by atoms with van der Waals surface area (Å²) >= 11 is 0. The molecule has 0 heterocycles. The summed E-state index contributed by atoms with van der Waals surface area (Å²) in [7, 11) is 1.49. The number of phosphoric ester groups is 1. The monoisotopic (exact) mass is 1130 g/mol. The number of hydrogen-bond acceptors (Lipinski definition) is 6. The number of carbonyl (C=O) groups excluding carboxylic acids is 2. The number of esters is 1. The zero-order chi connectivity index (χ0) is 57.9. The number of hydrogen-bond donors (Lipinski definition) is 2. The van der Waals surface area contributed by atoms with E-state index in [-0.39, 0.29) is 31.5 Å². The molecule has 0 aliphatic rings.